The predicted molar refractivity (Wildman–Crippen MR) is 144 cm³/mol. The SMILES string of the molecule is CC1(c2ccc(/C=C/C(=O)O)cc2)C(=O)Nc2nc(-c3nn(CCC(F)(F)C(F)(F)F)c4cc(Cl)ccc34)nc(N)c21. The van der Waals surface area contributed by atoms with Gasteiger partial charge in [0, 0.05) is 29.5 Å². The average Bonchev–Trinajstić information content (AvgIpc) is 3.40. The van der Waals surface area contributed by atoms with Crippen LogP contribution in [0.5, 0.6) is 0 Å². The van der Waals surface area contributed by atoms with Crippen LogP contribution >= 0.6 is 11.6 Å². The molecule has 2 aromatic heterocycles. The van der Waals surface area contributed by atoms with Gasteiger partial charge in [-0.2, -0.15) is 27.1 Å². The Morgan fingerprint density at radius 1 is 1.14 bits per heavy atom. The van der Waals surface area contributed by atoms with Gasteiger partial charge in [0.15, 0.2) is 5.82 Å². The van der Waals surface area contributed by atoms with Crippen LogP contribution in [0.3, 0.4) is 0 Å². The molecule has 0 radical (unpaired) electrons. The Kier molecular flexibility index (Phi) is 6.92. The molecule has 0 saturated heterocycles. The van der Waals surface area contributed by atoms with Crippen LogP contribution in [0.4, 0.5) is 33.6 Å². The van der Waals surface area contributed by atoms with Crippen LogP contribution in [0.1, 0.15) is 30.0 Å². The fourth-order valence-electron chi connectivity index (χ4n) is 4.75. The van der Waals surface area contributed by atoms with Crippen molar-refractivity contribution in [2.75, 3.05) is 11.1 Å². The highest BCUT2D eigenvalue weighted by Gasteiger charge is 2.56. The molecule has 2 aromatic carbocycles. The minimum atomic E-state index is -5.73. The van der Waals surface area contributed by atoms with E-state index in [1.165, 1.54) is 24.3 Å². The predicted octanol–water partition coefficient (Wildman–Crippen LogP) is 5.67. The number of aryl methyl sites for hydroxylation is 1. The number of hydrogen-bond acceptors (Lipinski definition) is 6. The molecule has 3 heterocycles. The Balaban J connectivity index is 1.55. The summed E-state index contributed by atoms with van der Waals surface area (Å²) in [6, 6.07) is 10.9. The van der Waals surface area contributed by atoms with Crippen molar-refractivity contribution in [1.29, 1.82) is 0 Å². The summed E-state index contributed by atoms with van der Waals surface area (Å²) >= 11 is 6.06. The maximum atomic E-state index is 13.7. The van der Waals surface area contributed by atoms with E-state index in [-0.39, 0.29) is 39.3 Å². The van der Waals surface area contributed by atoms with Crippen LogP contribution in [0, 0.1) is 0 Å². The van der Waals surface area contributed by atoms with Crippen molar-refractivity contribution >= 4 is 52.1 Å². The van der Waals surface area contributed by atoms with Crippen molar-refractivity contribution in [3.05, 3.63) is 70.3 Å². The zero-order valence-corrected chi connectivity index (χ0v) is 22.3. The summed E-state index contributed by atoms with van der Waals surface area (Å²) in [6.45, 7) is 0.818. The van der Waals surface area contributed by atoms with Gasteiger partial charge >= 0.3 is 18.1 Å². The molecule has 15 heteroatoms. The van der Waals surface area contributed by atoms with Crippen LogP contribution in [-0.4, -0.2) is 48.8 Å². The number of fused-ring (bicyclic) bond motifs is 2. The number of carboxylic acid groups (broad SMARTS) is 1. The Morgan fingerprint density at radius 2 is 1.83 bits per heavy atom. The molecule has 0 aliphatic carbocycles. The maximum Gasteiger partial charge on any atom is 0.453 e. The number of nitrogens with two attached hydrogens (primary N) is 1. The number of carbonyl (C=O) groups excluding carboxylic acids is 1. The second kappa shape index (κ2) is 10.0. The fourth-order valence-corrected chi connectivity index (χ4v) is 4.92. The van der Waals surface area contributed by atoms with E-state index >= 15 is 0 Å². The van der Waals surface area contributed by atoms with E-state index in [4.69, 9.17) is 22.4 Å². The molecule has 0 spiro atoms. The number of anilines is 2. The Hall–Kier alpha value is -4.59. The van der Waals surface area contributed by atoms with E-state index in [2.05, 4.69) is 20.4 Å². The molecule has 0 bridgehead atoms. The van der Waals surface area contributed by atoms with Crippen molar-refractivity contribution in [3.63, 3.8) is 0 Å². The highest BCUT2D eigenvalue weighted by atomic mass is 35.5. The zero-order chi connectivity index (χ0) is 30.6. The lowest BCUT2D eigenvalue weighted by molar-refractivity contribution is -0.285. The van der Waals surface area contributed by atoms with Gasteiger partial charge in [-0.15, -0.1) is 0 Å². The molecular weight excluding hydrogens is 587 g/mol. The van der Waals surface area contributed by atoms with Crippen molar-refractivity contribution in [3.8, 4) is 11.5 Å². The van der Waals surface area contributed by atoms with Gasteiger partial charge in [-0.05, 0) is 42.3 Å². The van der Waals surface area contributed by atoms with Crippen molar-refractivity contribution in [1.82, 2.24) is 19.7 Å². The Bertz CT molecular complexity index is 1770. The number of amides is 1. The highest BCUT2D eigenvalue weighted by Crippen LogP contribution is 2.45. The van der Waals surface area contributed by atoms with E-state index in [9.17, 15) is 31.5 Å². The normalized spacial score (nSPS) is 17.2. The monoisotopic (exact) mass is 606 g/mol. The number of nitrogens with one attached hydrogen (secondary N) is 1. The number of aliphatic carboxylic acids is 1. The fraction of sp³-hybridized carbons (Fsp3) is 0.222. The summed E-state index contributed by atoms with van der Waals surface area (Å²) in [5, 5.41) is 16.2. The van der Waals surface area contributed by atoms with Gasteiger partial charge < -0.3 is 16.2 Å². The van der Waals surface area contributed by atoms with Crippen molar-refractivity contribution in [2.24, 2.45) is 0 Å². The lowest BCUT2D eigenvalue weighted by Crippen LogP contribution is -2.37. The molecule has 4 aromatic rings. The lowest BCUT2D eigenvalue weighted by Gasteiger charge is -2.23. The maximum absolute atomic E-state index is 13.7. The van der Waals surface area contributed by atoms with Crippen LogP contribution in [0.25, 0.3) is 28.5 Å². The van der Waals surface area contributed by atoms with Gasteiger partial charge in [0.05, 0.1) is 11.1 Å². The quantitative estimate of drug-likeness (QED) is 0.182. The third kappa shape index (κ3) is 4.91. The Labute approximate surface area is 238 Å². The molecule has 9 nitrogen and oxygen atoms in total. The van der Waals surface area contributed by atoms with Crippen LogP contribution in [0.15, 0.2) is 48.5 Å². The summed E-state index contributed by atoms with van der Waals surface area (Å²) in [6.07, 6.45) is -4.93. The van der Waals surface area contributed by atoms with Gasteiger partial charge in [0.2, 0.25) is 5.91 Å². The average molecular weight is 607 g/mol. The van der Waals surface area contributed by atoms with E-state index in [0.717, 1.165) is 10.8 Å². The summed E-state index contributed by atoms with van der Waals surface area (Å²) < 4.78 is 66.6. The molecule has 42 heavy (non-hydrogen) atoms. The van der Waals surface area contributed by atoms with Crippen LogP contribution in [-0.2, 0) is 21.5 Å². The molecule has 4 N–H and O–H groups in total. The molecule has 1 unspecified atom stereocenters. The van der Waals surface area contributed by atoms with Crippen molar-refractivity contribution < 1.29 is 36.6 Å². The first-order valence-electron chi connectivity index (χ1n) is 12.2. The molecule has 0 saturated carbocycles. The number of carbonyl (C=O) groups is 2. The number of alkyl halides is 5. The summed E-state index contributed by atoms with van der Waals surface area (Å²) in [5.41, 5.74) is 6.57. The molecule has 1 aliphatic rings. The Morgan fingerprint density at radius 3 is 2.48 bits per heavy atom. The number of nitrogens with zero attached hydrogens (tertiary/aromatic N) is 4. The van der Waals surface area contributed by atoms with E-state index in [1.54, 1.807) is 31.2 Å². The number of halogens is 6. The zero-order valence-electron chi connectivity index (χ0n) is 21.5. The van der Waals surface area contributed by atoms with Gasteiger partial charge in [-0.3, -0.25) is 9.48 Å². The largest absolute Gasteiger partial charge is 0.478 e. The van der Waals surface area contributed by atoms with E-state index in [1.807, 2.05) is 0 Å². The van der Waals surface area contributed by atoms with Crippen LogP contribution < -0.4 is 11.1 Å². The van der Waals surface area contributed by atoms with Crippen LogP contribution in [0.2, 0.25) is 5.02 Å². The highest BCUT2D eigenvalue weighted by molar-refractivity contribution is 6.31. The second-order valence-corrected chi connectivity index (χ2v) is 10.2. The van der Waals surface area contributed by atoms with E-state index in [0.29, 0.717) is 16.5 Å². The number of aromatic nitrogens is 4. The summed E-state index contributed by atoms with van der Waals surface area (Å²) in [4.78, 5) is 32.8. The third-order valence-electron chi connectivity index (χ3n) is 7.01. The molecule has 0 fully saturated rings. The minimum absolute atomic E-state index is 0.0314. The molecule has 1 atom stereocenters. The number of carboxylic acids is 1. The first-order valence-corrected chi connectivity index (χ1v) is 12.6. The van der Waals surface area contributed by atoms with Gasteiger partial charge in [0.1, 0.15) is 22.7 Å². The second-order valence-electron chi connectivity index (χ2n) is 9.71. The summed E-state index contributed by atoms with van der Waals surface area (Å²) in [5.74, 6) is -6.65. The summed E-state index contributed by atoms with van der Waals surface area (Å²) in [7, 11) is 0. The van der Waals surface area contributed by atoms with Gasteiger partial charge in [0.25, 0.3) is 0 Å². The molecule has 1 amide bonds. The molecule has 5 rings (SSSR count). The lowest BCUT2D eigenvalue weighted by atomic mass is 9.77. The topological polar surface area (TPSA) is 136 Å². The van der Waals surface area contributed by atoms with E-state index < -0.39 is 42.4 Å². The molecule has 218 valence electrons. The van der Waals surface area contributed by atoms with Gasteiger partial charge in [-0.1, -0.05) is 35.9 Å². The van der Waals surface area contributed by atoms with Gasteiger partial charge in [-0.25, -0.2) is 14.8 Å². The first-order chi connectivity index (χ1) is 19.6. The molecule has 1 aliphatic heterocycles. The van der Waals surface area contributed by atoms with Crippen molar-refractivity contribution in [2.45, 2.75) is 37.4 Å². The molecular formula is C27H20ClF5N6O3. The number of hydrogen-bond donors (Lipinski definition) is 3. The number of rotatable bonds is 7. The smallest absolute Gasteiger partial charge is 0.453 e. The number of benzene rings is 2. The first kappa shape index (κ1) is 28.9. The minimum Gasteiger partial charge on any atom is -0.478 e. The standard InChI is InChI=1S/C27H20ClF5N6O3/c1-25(14-5-2-13(3-6-14)4-9-18(40)41)19-21(34)35-23(36-22(19)37-24(25)42)20-16-8-7-15(28)12-17(16)39(38-20)11-10-26(29,30)27(31,32)33/h2-9,12H,10-11H2,1H3,(H,40,41)(H3,34,35,36,37,42)/b9-4+. The number of nitrogen functional groups attached to an aromatic ring is 1. The third-order valence-corrected chi connectivity index (χ3v) is 7.24.